The van der Waals surface area contributed by atoms with E-state index in [2.05, 4.69) is 0 Å². The highest BCUT2D eigenvalue weighted by molar-refractivity contribution is 5.34. The second-order valence-corrected chi connectivity index (χ2v) is 2.10. The largest absolute Gasteiger partial charge is 0.495 e. The van der Waals surface area contributed by atoms with Crippen LogP contribution >= 0.6 is 0 Å². The lowest BCUT2D eigenvalue weighted by Crippen LogP contribution is -2.36. The van der Waals surface area contributed by atoms with Gasteiger partial charge >= 0.3 is 20.9 Å². The predicted octanol–water partition coefficient (Wildman–Crippen LogP) is 0.842. The molecule has 1 aromatic carbocycles. The standard InChI is InChI=1S/C6H5N3O4/c10-8(11)7(9(12)13)6-4-2-1-3-5-6/h1-5H/q+1. The normalized spacial score (nSPS) is 9.92. The van der Waals surface area contributed by atoms with Gasteiger partial charge in [0.05, 0.1) is 0 Å². The zero-order valence-electron chi connectivity index (χ0n) is 6.36. The number of anilines is 1. The van der Waals surface area contributed by atoms with E-state index in [4.69, 9.17) is 0 Å². The SMILES string of the molecule is O=[N+]([O-])[N+](c1ccccc1)[N+](=O)[O-]. The van der Waals surface area contributed by atoms with Crippen LogP contribution in [0.2, 0.25) is 0 Å². The van der Waals surface area contributed by atoms with Crippen molar-refractivity contribution in [2.45, 2.75) is 0 Å². The van der Waals surface area contributed by atoms with Crippen molar-refractivity contribution in [3.8, 4) is 0 Å². The van der Waals surface area contributed by atoms with Crippen molar-refractivity contribution in [2.24, 2.45) is 0 Å². The molecule has 0 heterocycles. The van der Waals surface area contributed by atoms with E-state index < -0.39 is 10.1 Å². The number of nitrogens with zero attached hydrogens (tertiary/aromatic N) is 3. The molecule has 7 nitrogen and oxygen atoms in total. The van der Waals surface area contributed by atoms with Crippen molar-refractivity contribution in [3.05, 3.63) is 50.6 Å². The minimum absolute atomic E-state index is 0.0856. The highest BCUT2D eigenvalue weighted by Gasteiger charge is 2.47. The zero-order chi connectivity index (χ0) is 9.84. The quantitative estimate of drug-likeness (QED) is 0.394. The van der Waals surface area contributed by atoms with Gasteiger partial charge in [-0.25, -0.2) is 0 Å². The molecule has 0 aliphatic rings. The molecule has 0 aliphatic heterocycles. The summed E-state index contributed by atoms with van der Waals surface area (Å²) in [5.74, 6) is 0. The third-order valence-electron chi connectivity index (χ3n) is 1.30. The van der Waals surface area contributed by atoms with E-state index in [0.717, 1.165) is 0 Å². The van der Waals surface area contributed by atoms with Gasteiger partial charge in [-0.2, -0.15) is 20.2 Å². The lowest BCUT2D eigenvalue weighted by Gasteiger charge is -1.86. The smallest absolute Gasteiger partial charge is 0.197 e. The molecule has 1 aromatic rings. The van der Waals surface area contributed by atoms with Crippen LogP contribution in [-0.2, 0) is 0 Å². The first-order chi connectivity index (χ1) is 6.13. The van der Waals surface area contributed by atoms with Crippen molar-refractivity contribution < 1.29 is 10.1 Å². The van der Waals surface area contributed by atoms with Crippen LogP contribution in [0.1, 0.15) is 0 Å². The molecular formula is C6H5N3O4+. The summed E-state index contributed by atoms with van der Waals surface area (Å²) < 4.78 is 0. The molecular weight excluding hydrogens is 178 g/mol. The zero-order valence-corrected chi connectivity index (χ0v) is 6.36. The molecule has 7 heteroatoms. The Labute approximate surface area is 72.4 Å². The van der Waals surface area contributed by atoms with Gasteiger partial charge in [-0.05, 0) is 0 Å². The third-order valence-corrected chi connectivity index (χ3v) is 1.30. The molecule has 0 atom stereocenters. The summed E-state index contributed by atoms with van der Waals surface area (Å²) in [6, 6.07) is 7.14. The van der Waals surface area contributed by atoms with Crippen molar-refractivity contribution in [1.82, 2.24) is 5.12 Å². The number of hydrogen-bond donors (Lipinski definition) is 0. The Balaban J connectivity index is 3.03. The van der Waals surface area contributed by atoms with E-state index in [-0.39, 0.29) is 10.8 Å². The van der Waals surface area contributed by atoms with Gasteiger partial charge in [0.2, 0.25) is 0 Å². The Bertz CT molecular complexity index is 312. The van der Waals surface area contributed by atoms with Crippen LogP contribution in [0.3, 0.4) is 0 Å². The number of benzene rings is 1. The highest BCUT2D eigenvalue weighted by Crippen LogP contribution is 2.11. The van der Waals surface area contributed by atoms with Gasteiger partial charge in [-0.3, -0.25) is 0 Å². The van der Waals surface area contributed by atoms with Crippen molar-refractivity contribution in [2.75, 3.05) is 0 Å². The number of hydrazine groups is 2. The fraction of sp³-hybridized carbons (Fsp3) is 0. The van der Waals surface area contributed by atoms with Crippen LogP contribution in [0.4, 0.5) is 5.69 Å². The fourth-order valence-electron chi connectivity index (χ4n) is 0.810. The topological polar surface area (TPSA) is 92.2 Å². The summed E-state index contributed by atoms with van der Waals surface area (Å²) in [6.45, 7) is 0. The highest BCUT2D eigenvalue weighted by atomic mass is 16.8. The van der Waals surface area contributed by atoms with Crippen LogP contribution in [0.25, 0.3) is 0 Å². The maximum Gasteiger partial charge on any atom is 0.495 e. The molecule has 0 aliphatic carbocycles. The summed E-state index contributed by atoms with van der Waals surface area (Å²) in [4.78, 5) is 20.5. The second-order valence-electron chi connectivity index (χ2n) is 2.10. The van der Waals surface area contributed by atoms with E-state index >= 15 is 0 Å². The molecule has 1 rings (SSSR count). The molecule has 0 N–H and O–H groups in total. The molecule has 13 heavy (non-hydrogen) atoms. The summed E-state index contributed by atoms with van der Waals surface area (Å²) in [5, 5.41) is 18.1. The predicted molar refractivity (Wildman–Crippen MR) is 42.2 cm³/mol. The van der Waals surface area contributed by atoms with Gasteiger partial charge in [0.25, 0.3) is 0 Å². The Hall–Kier alpha value is -2.02. The summed E-state index contributed by atoms with van der Waals surface area (Å²) in [5.41, 5.74) is -0.0856. The Morgan fingerprint density at radius 1 is 0.923 bits per heavy atom. The van der Waals surface area contributed by atoms with Crippen LogP contribution in [-0.4, -0.2) is 10.1 Å². The lowest BCUT2D eigenvalue weighted by atomic mass is 10.3. The average molecular weight is 183 g/mol. The van der Waals surface area contributed by atoms with Gasteiger partial charge in [-0.15, -0.1) is 0 Å². The van der Waals surface area contributed by atoms with Crippen molar-refractivity contribution >= 4 is 5.69 Å². The molecule has 0 fully saturated rings. The van der Waals surface area contributed by atoms with Crippen LogP contribution < -0.4 is 5.12 Å². The molecule has 67 valence electrons. The molecule has 0 saturated heterocycles. The number of nitro groups is 2. The molecule has 0 bridgehead atoms. The van der Waals surface area contributed by atoms with Gasteiger partial charge in [-0.1, -0.05) is 18.2 Å². The van der Waals surface area contributed by atoms with E-state index in [1.807, 2.05) is 0 Å². The minimum atomic E-state index is -1.09. The molecule has 0 unspecified atom stereocenters. The number of hydrogen-bond acceptors (Lipinski definition) is 4. The van der Waals surface area contributed by atoms with Gasteiger partial charge in [0, 0.05) is 12.1 Å². The van der Waals surface area contributed by atoms with E-state index in [1.165, 1.54) is 24.3 Å². The minimum Gasteiger partial charge on any atom is -0.197 e. The maximum atomic E-state index is 10.2. The van der Waals surface area contributed by atoms with Crippen LogP contribution in [0.15, 0.2) is 30.3 Å². The molecule has 0 amide bonds. The van der Waals surface area contributed by atoms with Crippen LogP contribution in [0, 0.1) is 20.2 Å². The first-order valence-electron chi connectivity index (χ1n) is 3.26. The van der Waals surface area contributed by atoms with Gasteiger partial charge in [0.15, 0.2) is 0 Å². The van der Waals surface area contributed by atoms with Crippen LogP contribution in [0.5, 0.6) is 0 Å². The van der Waals surface area contributed by atoms with Gasteiger partial charge < -0.3 is 0 Å². The molecule has 0 saturated carbocycles. The average Bonchev–Trinajstić information content (AvgIpc) is 2.04. The molecule has 0 aromatic heterocycles. The first kappa shape index (κ1) is 9.07. The number of para-hydroxylation sites is 1. The summed E-state index contributed by atoms with van der Waals surface area (Å²) in [6.07, 6.45) is 0. The lowest BCUT2D eigenvalue weighted by molar-refractivity contribution is -0.826. The van der Waals surface area contributed by atoms with E-state index in [0.29, 0.717) is 0 Å². The molecule has 0 spiro atoms. The first-order valence-corrected chi connectivity index (χ1v) is 3.26. The monoisotopic (exact) mass is 183 g/mol. The second kappa shape index (κ2) is 3.59. The Kier molecular flexibility index (Phi) is 2.50. The molecule has 1 radical (unpaired) electrons. The summed E-state index contributed by atoms with van der Waals surface area (Å²) in [7, 11) is 0. The van der Waals surface area contributed by atoms with Gasteiger partial charge in [0.1, 0.15) is 0 Å². The van der Waals surface area contributed by atoms with E-state index in [1.54, 1.807) is 6.07 Å². The van der Waals surface area contributed by atoms with E-state index in [9.17, 15) is 20.2 Å². The van der Waals surface area contributed by atoms with Crippen molar-refractivity contribution in [1.29, 1.82) is 0 Å². The number of rotatable bonds is 3. The Morgan fingerprint density at radius 3 is 1.77 bits per heavy atom. The maximum absolute atomic E-state index is 10.2. The Morgan fingerprint density at radius 2 is 1.38 bits per heavy atom. The summed E-state index contributed by atoms with van der Waals surface area (Å²) >= 11 is 0. The third kappa shape index (κ3) is 1.97. The van der Waals surface area contributed by atoms with Crippen molar-refractivity contribution in [3.63, 3.8) is 0 Å². The fourth-order valence-corrected chi connectivity index (χ4v) is 0.810.